The Morgan fingerprint density at radius 2 is 1.84 bits per heavy atom. The topological polar surface area (TPSA) is 232 Å². The fourth-order valence-electron chi connectivity index (χ4n) is 3.56. The van der Waals surface area contributed by atoms with E-state index in [-0.39, 0.29) is 28.3 Å². The summed E-state index contributed by atoms with van der Waals surface area (Å²) in [6.07, 6.45) is -2.73. The molecular weight excluding hydrogens is 418 g/mol. The van der Waals surface area contributed by atoms with Gasteiger partial charge in [0, 0.05) is 0 Å². The van der Waals surface area contributed by atoms with E-state index in [0.29, 0.717) is 0 Å². The van der Waals surface area contributed by atoms with Crippen LogP contribution >= 0.6 is 0 Å². The molecular formula is C15H15N9O7. The van der Waals surface area contributed by atoms with Crippen molar-refractivity contribution < 1.29 is 20.1 Å². The van der Waals surface area contributed by atoms with Crippen molar-refractivity contribution in [3.05, 3.63) is 43.8 Å². The highest BCUT2D eigenvalue weighted by atomic mass is 16.6. The van der Waals surface area contributed by atoms with Gasteiger partial charge in [-0.2, -0.15) is 9.66 Å². The van der Waals surface area contributed by atoms with Crippen LogP contribution in [0.1, 0.15) is 6.23 Å². The molecule has 0 radical (unpaired) electrons. The van der Waals surface area contributed by atoms with Crippen LogP contribution in [0.5, 0.6) is 0 Å². The molecule has 1 aliphatic heterocycles. The van der Waals surface area contributed by atoms with Crippen molar-refractivity contribution in [1.29, 1.82) is 0 Å². The molecule has 7 N–H and O–H groups in total. The Labute approximate surface area is 168 Å². The van der Waals surface area contributed by atoms with Crippen molar-refractivity contribution in [1.82, 2.24) is 38.8 Å². The van der Waals surface area contributed by atoms with Gasteiger partial charge in [-0.1, -0.05) is 0 Å². The zero-order valence-corrected chi connectivity index (χ0v) is 15.4. The van der Waals surface area contributed by atoms with Gasteiger partial charge in [-0.25, -0.2) is 19.4 Å². The summed E-state index contributed by atoms with van der Waals surface area (Å²) in [5, 5.41) is 29.5. The van der Waals surface area contributed by atoms with E-state index in [4.69, 9.17) is 10.5 Å². The molecule has 0 aliphatic carbocycles. The summed E-state index contributed by atoms with van der Waals surface area (Å²) in [5.41, 5.74) is 3.18. The minimum atomic E-state index is -1.42. The van der Waals surface area contributed by atoms with Crippen molar-refractivity contribution in [2.75, 3.05) is 12.3 Å². The summed E-state index contributed by atoms with van der Waals surface area (Å²) in [4.78, 5) is 53.1. The molecule has 0 spiro atoms. The predicted molar refractivity (Wildman–Crippen MR) is 101 cm³/mol. The summed E-state index contributed by atoms with van der Waals surface area (Å²) in [5.74, 6) is -0.355. The first-order chi connectivity index (χ1) is 14.8. The van der Waals surface area contributed by atoms with Gasteiger partial charge in [-0.15, -0.1) is 0 Å². The molecule has 0 saturated carbocycles. The lowest BCUT2D eigenvalue weighted by atomic mass is 10.1. The minimum absolute atomic E-state index is 0.0515. The van der Waals surface area contributed by atoms with Crippen LogP contribution in [0.15, 0.2) is 27.0 Å². The maximum Gasteiger partial charge on any atom is 0.327 e. The molecule has 5 rings (SSSR count). The predicted octanol–water partition coefficient (Wildman–Crippen LogP) is -4.18. The number of aliphatic hydroxyl groups excluding tert-OH is 3. The number of rotatable bonds is 3. The van der Waals surface area contributed by atoms with Crippen molar-refractivity contribution in [3.63, 3.8) is 0 Å². The average molecular weight is 433 g/mol. The lowest BCUT2D eigenvalue weighted by Crippen LogP contribution is -2.33. The van der Waals surface area contributed by atoms with Crippen LogP contribution in [-0.2, 0) is 4.74 Å². The number of nitrogen functional groups attached to an aromatic ring is 1. The Hall–Kier alpha value is -3.86. The number of anilines is 1. The second kappa shape index (κ2) is 6.57. The second-order valence-electron chi connectivity index (χ2n) is 6.83. The Balaban J connectivity index is 1.70. The van der Waals surface area contributed by atoms with E-state index < -0.39 is 48.0 Å². The molecule has 4 atom stereocenters. The van der Waals surface area contributed by atoms with Crippen molar-refractivity contribution in [2.24, 2.45) is 0 Å². The third-order valence-electron chi connectivity index (χ3n) is 5.03. The van der Waals surface area contributed by atoms with Gasteiger partial charge in [0.15, 0.2) is 28.6 Å². The molecule has 16 heteroatoms. The van der Waals surface area contributed by atoms with Crippen LogP contribution in [0.3, 0.4) is 0 Å². The molecule has 1 aliphatic rings. The number of aliphatic hydroxyl groups is 3. The number of nitrogens with one attached hydrogen (secondary N) is 2. The highest BCUT2D eigenvalue weighted by Crippen LogP contribution is 2.30. The second-order valence-corrected chi connectivity index (χ2v) is 6.83. The van der Waals surface area contributed by atoms with Gasteiger partial charge in [0.25, 0.3) is 5.56 Å². The summed E-state index contributed by atoms with van der Waals surface area (Å²) in [6, 6.07) is 0. The maximum atomic E-state index is 13.1. The molecule has 1 saturated heterocycles. The van der Waals surface area contributed by atoms with Crippen LogP contribution in [-0.4, -0.2) is 79.1 Å². The van der Waals surface area contributed by atoms with E-state index in [2.05, 4.69) is 19.9 Å². The quantitative estimate of drug-likeness (QED) is 0.181. The molecule has 4 aromatic heterocycles. The third kappa shape index (κ3) is 2.63. The number of imidazole rings is 2. The number of ether oxygens (including phenoxy) is 1. The van der Waals surface area contributed by atoms with Gasteiger partial charge in [0.2, 0.25) is 5.95 Å². The maximum absolute atomic E-state index is 13.1. The number of aromatic amines is 2. The van der Waals surface area contributed by atoms with Gasteiger partial charge in [0.1, 0.15) is 24.6 Å². The third-order valence-corrected chi connectivity index (χ3v) is 5.03. The molecule has 5 heterocycles. The van der Waals surface area contributed by atoms with Crippen molar-refractivity contribution in [2.45, 2.75) is 24.5 Å². The zero-order valence-electron chi connectivity index (χ0n) is 15.4. The highest BCUT2D eigenvalue weighted by molar-refractivity contribution is 5.72. The number of nitrogens with two attached hydrogens (primary N) is 1. The average Bonchev–Trinajstić information content (AvgIpc) is 3.40. The Morgan fingerprint density at radius 1 is 1.10 bits per heavy atom. The van der Waals surface area contributed by atoms with Gasteiger partial charge >= 0.3 is 11.2 Å². The Bertz CT molecular complexity index is 1490. The molecule has 16 nitrogen and oxygen atoms in total. The first-order valence-corrected chi connectivity index (χ1v) is 8.89. The number of nitrogens with zero attached hydrogens (tertiary/aromatic N) is 6. The first kappa shape index (κ1) is 19.1. The molecule has 1 fully saturated rings. The van der Waals surface area contributed by atoms with Gasteiger partial charge in [-0.3, -0.25) is 24.1 Å². The van der Waals surface area contributed by atoms with Gasteiger partial charge in [-0.05, 0) is 0 Å². The lowest BCUT2D eigenvalue weighted by Gasteiger charge is -2.17. The number of aromatic nitrogens is 8. The van der Waals surface area contributed by atoms with E-state index in [9.17, 15) is 29.7 Å². The molecule has 4 aromatic rings. The molecule has 0 aromatic carbocycles. The van der Waals surface area contributed by atoms with E-state index in [1.807, 2.05) is 4.98 Å². The SMILES string of the molecule is Nc1nc2c(ncn2[C@@H]2O[C@H](CO)C(O)C2O)c(=O)n1-n1cnc2c(=O)[nH]c(=O)[nH]c21. The molecule has 31 heavy (non-hydrogen) atoms. The van der Waals surface area contributed by atoms with Crippen LogP contribution < -0.4 is 22.5 Å². The number of hydrogen-bond acceptors (Lipinski definition) is 11. The van der Waals surface area contributed by atoms with Crippen LogP contribution in [0.2, 0.25) is 0 Å². The number of hydrogen-bond donors (Lipinski definition) is 6. The van der Waals surface area contributed by atoms with Crippen molar-refractivity contribution >= 4 is 28.3 Å². The standard InChI is InChI=1S/C15H15N9O7/c16-14-19-9-6(17-2-22(9)13-8(27)7(26)4(1-25)31-13)12(29)24(14)23-3-18-5-10(23)20-15(30)21-11(5)28/h2-4,7-8,13,25-27H,1H2,(H2,16,19)(H2,20,21,28,30)/t4-,7?,8?,13-/m1/s1. The monoisotopic (exact) mass is 433 g/mol. The van der Waals surface area contributed by atoms with Crippen LogP contribution in [0, 0.1) is 0 Å². The normalized spacial score (nSPS) is 23.8. The van der Waals surface area contributed by atoms with E-state index in [0.717, 1.165) is 15.7 Å². The summed E-state index contributed by atoms with van der Waals surface area (Å²) in [7, 11) is 0. The van der Waals surface area contributed by atoms with Crippen molar-refractivity contribution in [3.8, 4) is 0 Å². The van der Waals surface area contributed by atoms with E-state index >= 15 is 0 Å². The Kier molecular flexibility index (Phi) is 4.05. The summed E-state index contributed by atoms with van der Waals surface area (Å²) in [6.45, 7) is -0.533. The largest absolute Gasteiger partial charge is 0.394 e. The van der Waals surface area contributed by atoms with E-state index in [1.165, 1.54) is 10.9 Å². The minimum Gasteiger partial charge on any atom is -0.394 e. The van der Waals surface area contributed by atoms with Crippen LogP contribution in [0.25, 0.3) is 22.3 Å². The molecule has 162 valence electrons. The zero-order chi connectivity index (χ0) is 22.0. The highest BCUT2D eigenvalue weighted by Gasteiger charge is 2.44. The summed E-state index contributed by atoms with van der Waals surface area (Å²) < 4.78 is 8.54. The fraction of sp³-hybridized carbons (Fsp3) is 0.333. The summed E-state index contributed by atoms with van der Waals surface area (Å²) >= 11 is 0. The smallest absolute Gasteiger partial charge is 0.327 e. The van der Waals surface area contributed by atoms with Crippen LogP contribution in [0.4, 0.5) is 5.95 Å². The fourth-order valence-corrected chi connectivity index (χ4v) is 3.56. The number of fused-ring (bicyclic) bond motifs is 2. The number of H-pyrrole nitrogens is 2. The van der Waals surface area contributed by atoms with E-state index in [1.54, 1.807) is 0 Å². The lowest BCUT2D eigenvalue weighted by molar-refractivity contribution is -0.0511. The first-order valence-electron chi connectivity index (χ1n) is 8.89. The van der Waals surface area contributed by atoms with Gasteiger partial charge in [0.05, 0.1) is 12.9 Å². The molecule has 2 unspecified atom stereocenters. The molecule has 0 amide bonds. The molecule has 0 bridgehead atoms. The van der Waals surface area contributed by atoms with Gasteiger partial charge < -0.3 is 25.8 Å². The Morgan fingerprint density at radius 3 is 2.55 bits per heavy atom.